The standard InChI is InChI=1S/C12H15ClN4O/c1-9(18)15-6-3-7-17(2)12-5-4-10(13)11(8-14)16-12/h4-5H,3,6-7H2,1-2H3,(H,15,18). The van der Waals surface area contributed by atoms with E-state index >= 15 is 0 Å². The third-order valence-electron chi connectivity index (χ3n) is 2.37. The number of nitrogens with one attached hydrogen (secondary N) is 1. The molecule has 0 radical (unpaired) electrons. The summed E-state index contributed by atoms with van der Waals surface area (Å²) in [6.07, 6.45) is 0.808. The maximum atomic E-state index is 10.7. The summed E-state index contributed by atoms with van der Waals surface area (Å²) in [5, 5.41) is 11.9. The largest absolute Gasteiger partial charge is 0.360 e. The molecule has 0 aromatic carbocycles. The Bertz CT molecular complexity index is 470. The molecular weight excluding hydrogens is 252 g/mol. The van der Waals surface area contributed by atoms with Gasteiger partial charge < -0.3 is 10.2 Å². The van der Waals surface area contributed by atoms with Gasteiger partial charge in [-0.15, -0.1) is 0 Å². The Kier molecular flexibility index (Phi) is 5.40. The first kappa shape index (κ1) is 14.3. The summed E-state index contributed by atoms with van der Waals surface area (Å²) in [7, 11) is 1.88. The number of nitrogens with zero attached hydrogens (tertiary/aromatic N) is 3. The molecule has 0 bridgehead atoms. The summed E-state index contributed by atoms with van der Waals surface area (Å²) in [5.41, 5.74) is 0.225. The van der Waals surface area contributed by atoms with E-state index in [9.17, 15) is 4.79 Å². The molecule has 0 aliphatic carbocycles. The van der Waals surface area contributed by atoms with Crippen LogP contribution in [0.2, 0.25) is 5.02 Å². The van der Waals surface area contributed by atoms with Crippen LogP contribution in [0.25, 0.3) is 0 Å². The van der Waals surface area contributed by atoms with Crippen LogP contribution in [0.3, 0.4) is 0 Å². The molecule has 96 valence electrons. The summed E-state index contributed by atoms with van der Waals surface area (Å²) < 4.78 is 0. The lowest BCUT2D eigenvalue weighted by Crippen LogP contribution is -2.26. The molecule has 1 aromatic heterocycles. The molecule has 0 fully saturated rings. The highest BCUT2D eigenvalue weighted by Crippen LogP contribution is 2.17. The van der Waals surface area contributed by atoms with Gasteiger partial charge in [0, 0.05) is 27.1 Å². The predicted octanol–water partition coefficient (Wildman–Crippen LogP) is 1.57. The minimum absolute atomic E-state index is 0.0333. The zero-order valence-corrected chi connectivity index (χ0v) is 11.2. The predicted molar refractivity (Wildman–Crippen MR) is 70.5 cm³/mol. The molecule has 1 rings (SSSR count). The molecule has 0 aliphatic heterocycles. The number of nitriles is 1. The van der Waals surface area contributed by atoms with Crippen LogP contribution in [0.1, 0.15) is 19.0 Å². The zero-order valence-electron chi connectivity index (χ0n) is 10.4. The first-order valence-electron chi connectivity index (χ1n) is 5.57. The zero-order chi connectivity index (χ0) is 13.5. The smallest absolute Gasteiger partial charge is 0.216 e. The Balaban J connectivity index is 2.54. The molecule has 1 N–H and O–H groups in total. The van der Waals surface area contributed by atoms with Crippen molar-refractivity contribution in [3.8, 4) is 6.07 Å². The summed E-state index contributed by atoms with van der Waals surface area (Å²) in [5.74, 6) is 0.660. The Morgan fingerprint density at radius 3 is 2.94 bits per heavy atom. The first-order chi connectivity index (χ1) is 8.54. The van der Waals surface area contributed by atoms with Gasteiger partial charge in [0.25, 0.3) is 0 Å². The van der Waals surface area contributed by atoms with Crippen LogP contribution in [0, 0.1) is 11.3 Å². The molecule has 0 saturated carbocycles. The van der Waals surface area contributed by atoms with Crippen LogP contribution in [-0.2, 0) is 4.79 Å². The molecule has 1 heterocycles. The Morgan fingerprint density at radius 2 is 2.33 bits per heavy atom. The van der Waals surface area contributed by atoms with Crippen molar-refractivity contribution in [1.29, 1.82) is 5.26 Å². The molecule has 1 amide bonds. The SMILES string of the molecule is CC(=O)NCCCN(C)c1ccc(Cl)c(C#N)n1. The highest BCUT2D eigenvalue weighted by atomic mass is 35.5. The van der Waals surface area contributed by atoms with Gasteiger partial charge in [0.1, 0.15) is 11.9 Å². The Morgan fingerprint density at radius 1 is 1.61 bits per heavy atom. The van der Waals surface area contributed by atoms with Crippen molar-refractivity contribution in [1.82, 2.24) is 10.3 Å². The number of anilines is 1. The van der Waals surface area contributed by atoms with Crippen LogP contribution < -0.4 is 10.2 Å². The molecule has 0 unspecified atom stereocenters. The van der Waals surface area contributed by atoms with Crippen LogP contribution in [0.5, 0.6) is 0 Å². The number of carbonyl (C=O) groups excluding carboxylic acids is 1. The van der Waals surface area contributed by atoms with E-state index in [0.717, 1.165) is 13.0 Å². The van der Waals surface area contributed by atoms with Crippen LogP contribution in [0.4, 0.5) is 5.82 Å². The monoisotopic (exact) mass is 266 g/mol. The second kappa shape index (κ2) is 6.82. The fraction of sp³-hybridized carbons (Fsp3) is 0.417. The molecule has 0 spiro atoms. The van der Waals surface area contributed by atoms with Gasteiger partial charge in [-0.2, -0.15) is 5.26 Å². The fourth-order valence-corrected chi connectivity index (χ4v) is 1.57. The van der Waals surface area contributed by atoms with Gasteiger partial charge in [-0.3, -0.25) is 4.79 Å². The maximum absolute atomic E-state index is 10.7. The van der Waals surface area contributed by atoms with E-state index in [-0.39, 0.29) is 11.6 Å². The van der Waals surface area contributed by atoms with Gasteiger partial charge in [0.15, 0.2) is 5.69 Å². The van der Waals surface area contributed by atoms with E-state index in [1.54, 1.807) is 12.1 Å². The molecule has 5 nitrogen and oxygen atoms in total. The van der Waals surface area contributed by atoms with Crippen molar-refractivity contribution in [2.45, 2.75) is 13.3 Å². The minimum atomic E-state index is -0.0333. The van der Waals surface area contributed by atoms with Crippen molar-refractivity contribution in [3.05, 3.63) is 22.8 Å². The Hall–Kier alpha value is -1.80. The second-order valence-electron chi connectivity index (χ2n) is 3.87. The van der Waals surface area contributed by atoms with Gasteiger partial charge in [-0.05, 0) is 18.6 Å². The number of halogens is 1. The molecular formula is C12H15ClN4O. The quantitative estimate of drug-likeness (QED) is 0.822. The lowest BCUT2D eigenvalue weighted by Gasteiger charge is -2.18. The average Bonchev–Trinajstić information content (AvgIpc) is 2.34. The third kappa shape index (κ3) is 4.22. The normalized spacial score (nSPS) is 9.67. The maximum Gasteiger partial charge on any atom is 0.216 e. The summed E-state index contributed by atoms with van der Waals surface area (Å²) >= 11 is 5.81. The van der Waals surface area contributed by atoms with Crippen molar-refractivity contribution < 1.29 is 4.79 Å². The third-order valence-corrected chi connectivity index (χ3v) is 2.68. The number of hydrogen-bond acceptors (Lipinski definition) is 4. The van der Waals surface area contributed by atoms with Crippen molar-refractivity contribution >= 4 is 23.3 Å². The lowest BCUT2D eigenvalue weighted by atomic mass is 10.3. The van der Waals surface area contributed by atoms with Gasteiger partial charge in [-0.1, -0.05) is 11.6 Å². The topological polar surface area (TPSA) is 69.0 Å². The number of aromatic nitrogens is 1. The van der Waals surface area contributed by atoms with E-state index in [1.165, 1.54) is 6.92 Å². The van der Waals surface area contributed by atoms with Crippen LogP contribution in [-0.4, -0.2) is 31.0 Å². The van der Waals surface area contributed by atoms with Gasteiger partial charge >= 0.3 is 0 Å². The lowest BCUT2D eigenvalue weighted by molar-refractivity contribution is -0.118. The van der Waals surface area contributed by atoms with E-state index in [2.05, 4.69) is 10.3 Å². The summed E-state index contributed by atoms with van der Waals surface area (Å²) in [6, 6.07) is 5.37. The number of pyridine rings is 1. The molecule has 0 saturated heterocycles. The van der Waals surface area contributed by atoms with Gasteiger partial charge in [-0.25, -0.2) is 4.98 Å². The molecule has 0 atom stereocenters. The van der Waals surface area contributed by atoms with Crippen molar-refractivity contribution in [2.75, 3.05) is 25.0 Å². The van der Waals surface area contributed by atoms with E-state index < -0.39 is 0 Å². The molecule has 18 heavy (non-hydrogen) atoms. The first-order valence-corrected chi connectivity index (χ1v) is 5.94. The highest BCUT2D eigenvalue weighted by Gasteiger charge is 2.06. The highest BCUT2D eigenvalue weighted by molar-refractivity contribution is 6.31. The number of amides is 1. The molecule has 0 aliphatic rings. The summed E-state index contributed by atoms with van der Waals surface area (Å²) in [6.45, 7) is 2.85. The van der Waals surface area contributed by atoms with E-state index in [4.69, 9.17) is 16.9 Å². The van der Waals surface area contributed by atoms with Crippen LogP contribution in [0.15, 0.2) is 12.1 Å². The number of carbonyl (C=O) groups is 1. The summed E-state index contributed by atoms with van der Waals surface area (Å²) in [4.78, 5) is 16.8. The minimum Gasteiger partial charge on any atom is -0.360 e. The van der Waals surface area contributed by atoms with Gasteiger partial charge in [0.05, 0.1) is 5.02 Å². The van der Waals surface area contributed by atoms with E-state index in [0.29, 0.717) is 17.4 Å². The van der Waals surface area contributed by atoms with E-state index in [1.807, 2.05) is 18.0 Å². The number of rotatable bonds is 5. The fourth-order valence-electron chi connectivity index (χ4n) is 1.42. The number of hydrogen-bond donors (Lipinski definition) is 1. The molecule has 6 heteroatoms. The molecule has 1 aromatic rings. The van der Waals surface area contributed by atoms with Crippen LogP contribution >= 0.6 is 11.6 Å². The second-order valence-corrected chi connectivity index (χ2v) is 4.28. The Labute approximate surface area is 111 Å². The van der Waals surface area contributed by atoms with Crippen molar-refractivity contribution in [3.63, 3.8) is 0 Å². The van der Waals surface area contributed by atoms with Crippen molar-refractivity contribution in [2.24, 2.45) is 0 Å². The average molecular weight is 267 g/mol. The van der Waals surface area contributed by atoms with Gasteiger partial charge in [0.2, 0.25) is 5.91 Å².